The highest BCUT2D eigenvalue weighted by Gasteiger charge is 2.29. The van der Waals surface area contributed by atoms with Crippen molar-refractivity contribution in [2.75, 3.05) is 0 Å². The second kappa shape index (κ2) is 4.27. The summed E-state index contributed by atoms with van der Waals surface area (Å²) in [4.78, 5) is 4.23. The van der Waals surface area contributed by atoms with Crippen LogP contribution in [0.15, 0.2) is 16.5 Å². The van der Waals surface area contributed by atoms with Crippen LogP contribution in [0, 0.1) is 5.82 Å². The molecule has 2 rings (SSSR count). The molecule has 0 amide bonds. The molecular weight excluding hydrogens is 243 g/mol. The summed E-state index contributed by atoms with van der Waals surface area (Å²) in [5.74, 6) is -0.0250. The van der Waals surface area contributed by atoms with E-state index in [1.807, 2.05) is 13.8 Å². The standard InChI is InChI=1S/C12H14ClFN2O/c1-3-12(15,4-2)11-16-9-6-7(14)5-8(13)10(9)17-11/h5-6H,3-4,15H2,1-2H3. The molecule has 92 valence electrons. The van der Waals surface area contributed by atoms with Crippen molar-refractivity contribution in [1.82, 2.24) is 4.98 Å². The van der Waals surface area contributed by atoms with Gasteiger partial charge in [0, 0.05) is 6.07 Å². The summed E-state index contributed by atoms with van der Waals surface area (Å²) in [5, 5.41) is 0.216. The molecule has 1 aromatic carbocycles. The Morgan fingerprint density at radius 2 is 2.06 bits per heavy atom. The number of fused-ring (bicyclic) bond motifs is 1. The number of rotatable bonds is 3. The summed E-state index contributed by atoms with van der Waals surface area (Å²) in [5.41, 5.74) is 6.34. The predicted molar refractivity (Wildman–Crippen MR) is 65.4 cm³/mol. The minimum atomic E-state index is -0.626. The third-order valence-electron chi connectivity index (χ3n) is 3.10. The van der Waals surface area contributed by atoms with Gasteiger partial charge in [-0.05, 0) is 18.9 Å². The van der Waals surface area contributed by atoms with Crippen LogP contribution in [-0.4, -0.2) is 4.98 Å². The normalized spacial score (nSPS) is 12.3. The van der Waals surface area contributed by atoms with E-state index in [0.29, 0.717) is 29.8 Å². The van der Waals surface area contributed by atoms with Crippen LogP contribution in [0.1, 0.15) is 32.6 Å². The van der Waals surface area contributed by atoms with Gasteiger partial charge in [-0.2, -0.15) is 0 Å². The van der Waals surface area contributed by atoms with Gasteiger partial charge >= 0.3 is 0 Å². The van der Waals surface area contributed by atoms with Gasteiger partial charge in [0.05, 0.1) is 10.6 Å². The second-order valence-electron chi connectivity index (χ2n) is 4.12. The number of halogens is 2. The first-order valence-corrected chi connectivity index (χ1v) is 5.93. The van der Waals surface area contributed by atoms with Gasteiger partial charge in [0.1, 0.15) is 11.3 Å². The fourth-order valence-electron chi connectivity index (χ4n) is 1.73. The van der Waals surface area contributed by atoms with E-state index < -0.39 is 11.4 Å². The third-order valence-corrected chi connectivity index (χ3v) is 3.38. The van der Waals surface area contributed by atoms with Crippen LogP contribution in [0.5, 0.6) is 0 Å². The number of aromatic nitrogens is 1. The van der Waals surface area contributed by atoms with Gasteiger partial charge in [-0.15, -0.1) is 0 Å². The summed E-state index contributed by atoms with van der Waals surface area (Å²) >= 11 is 5.90. The van der Waals surface area contributed by atoms with Crippen molar-refractivity contribution in [1.29, 1.82) is 0 Å². The van der Waals surface area contributed by atoms with E-state index in [1.165, 1.54) is 12.1 Å². The van der Waals surface area contributed by atoms with Crippen LogP contribution in [0.25, 0.3) is 11.1 Å². The molecule has 0 atom stereocenters. The largest absolute Gasteiger partial charge is 0.437 e. The van der Waals surface area contributed by atoms with Crippen molar-refractivity contribution in [3.05, 3.63) is 28.9 Å². The molecule has 3 nitrogen and oxygen atoms in total. The number of nitrogens with two attached hydrogens (primary N) is 1. The number of hydrogen-bond acceptors (Lipinski definition) is 3. The molecule has 0 fully saturated rings. The summed E-state index contributed by atoms with van der Waals surface area (Å²) < 4.78 is 18.7. The average Bonchev–Trinajstić information content (AvgIpc) is 2.72. The molecular formula is C12H14ClFN2O. The zero-order valence-electron chi connectivity index (χ0n) is 9.76. The first-order chi connectivity index (χ1) is 8.00. The lowest BCUT2D eigenvalue weighted by atomic mass is 9.94. The van der Waals surface area contributed by atoms with E-state index in [2.05, 4.69) is 4.98 Å². The van der Waals surface area contributed by atoms with Crippen LogP contribution in [0.4, 0.5) is 4.39 Å². The third kappa shape index (κ3) is 2.03. The molecule has 0 saturated carbocycles. The average molecular weight is 257 g/mol. The predicted octanol–water partition coefficient (Wildman–Crippen LogP) is 3.59. The Kier molecular flexibility index (Phi) is 3.10. The quantitative estimate of drug-likeness (QED) is 0.913. The van der Waals surface area contributed by atoms with Crippen molar-refractivity contribution in [2.24, 2.45) is 5.73 Å². The van der Waals surface area contributed by atoms with Crippen LogP contribution >= 0.6 is 11.6 Å². The molecule has 1 aromatic heterocycles. The Morgan fingerprint density at radius 1 is 1.41 bits per heavy atom. The van der Waals surface area contributed by atoms with Crippen LogP contribution in [0.3, 0.4) is 0 Å². The summed E-state index contributed by atoms with van der Waals surface area (Å²) in [7, 11) is 0. The van der Waals surface area contributed by atoms with Crippen molar-refractivity contribution < 1.29 is 8.81 Å². The molecule has 0 aliphatic rings. The molecule has 0 unspecified atom stereocenters. The van der Waals surface area contributed by atoms with Gasteiger partial charge in [-0.25, -0.2) is 9.37 Å². The fourth-order valence-corrected chi connectivity index (χ4v) is 1.96. The zero-order chi connectivity index (χ0) is 12.6. The van der Waals surface area contributed by atoms with Crippen LogP contribution in [0.2, 0.25) is 5.02 Å². The molecule has 2 N–H and O–H groups in total. The molecule has 2 aromatic rings. The Morgan fingerprint density at radius 3 is 2.65 bits per heavy atom. The molecule has 0 spiro atoms. The molecule has 17 heavy (non-hydrogen) atoms. The Labute approximate surface area is 104 Å². The van der Waals surface area contributed by atoms with Gasteiger partial charge in [-0.1, -0.05) is 25.4 Å². The highest BCUT2D eigenvalue weighted by atomic mass is 35.5. The van der Waals surface area contributed by atoms with Gasteiger partial charge in [-0.3, -0.25) is 0 Å². The fraction of sp³-hybridized carbons (Fsp3) is 0.417. The van der Waals surface area contributed by atoms with Crippen molar-refractivity contribution in [3.8, 4) is 0 Å². The Balaban J connectivity index is 2.62. The van der Waals surface area contributed by atoms with Crippen molar-refractivity contribution >= 4 is 22.7 Å². The van der Waals surface area contributed by atoms with Gasteiger partial charge in [0.15, 0.2) is 5.58 Å². The number of hydrogen-bond donors (Lipinski definition) is 1. The second-order valence-corrected chi connectivity index (χ2v) is 4.53. The monoisotopic (exact) mass is 256 g/mol. The molecule has 5 heteroatoms. The summed E-state index contributed by atoms with van der Waals surface area (Å²) in [6.07, 6.45) is 1.38. The molecule has 0 bridgehead atoms. The maximum atomic E-state index is 13.2. The molecule has 0 radical (unpaired) electrons. The maximum absolute atomic E-state index is 13.2. The van der Waals surface area contributed by atoms with E-state index in [9.17, 15) is 4.39 Å². The first kappa shape index (κ1) is 12.3. The number of nitrogens with zero attached hydrogens (tertiary/aromatic N) is 1. The van der Waals surface area contributed by atoms with E-state index >= 15 is 0 Å². The lowest BCUT2D eigenvalue weighted by molar-refractivity contribution is 0.318. The molecule has 0 aliphatic heterocycles. The highest BCUT2D eigenvalue weighted by Crippen LogP contribution is 2.31. The SMILES string of the molecule is CCC(N)(CC)c1nc2cc(F)cc(Cl)c2o1. The lowest BCUT2D eigenvalue weighted by Crippen LogP contribution is -2.35. The van der Waals surface area contributed by atoms with Crippen molar-refractivity contribution in [3.63, 3.8) is 0 Å². The summed E-state index contributed by atoms with van der Waals surface area (Å²) in [6, 6.07) is 2.49. The van der Waals surface area contributed by atoms with Crippen LogP contribution in [-0.2, 0) is 5.54 Å². The van der Waals surface area contributed by atoms with E-state index in [-0.39, 0.29) is 5.02 Å². The first-order valence-electron chi connectivity index (χ1n) is 5.55. The highest BCUT2D eigenvalue weighted by molar-refractivity contribution is 6.34. The minimum Gasteiger partial charge on any atom is -0.437 e. The smallest absolute Gasteiger partial charge is 0.215 e. The van der Waals surface area contributed by atoms with Gasteiger partial charge in [0.2, 0.25) is 5.89 Å². The number of benzene rings is 1. The topological polar surface area (TPSA) is 52.0 Å². The van der Waals surface area contributed by atoms with E-state index in [1.54, 1.807) is 0 Å². The van der Waals surface area contributed by atoms with Gasteiger partial charge in [0.25, 0.3) is 0 Å². The maximum Gasteiger partial charge on any atom is 0.215 e. The van der Waals surface area contributed by atoms with E-state index in [0.717, 1.165) is 0 Å². The summed E-state index contributed by atoms with van der Waals surface area (Å²) in [6.45, 7) is 3.92. The Bertz CT molecular complexity index is 549. The molecule has 0 saturated heterocycles. The van der Waals surface area contributed by atoms with Crippen LogP contribution < -0.4 is 5.73 Å². The van der Waals surface area contributed by atoms with Gasteiger partial charge < -0.3 is 10.2 Å². The van der Waals surface area contributed by atoms with E-state index in [4.69, 9.17) is 21.8 Å². The Hall–Kier alpha value is -1.13. The minimum absolute atomic E-state index is 0.216. The lowest BCUT2D eigenvalue weighted by Gasteiger charge is -2.21. The zero-order valence-corrected chi connectivity index (χ0v) is 10.5. The molecule has 0 aliphatic carbocycles. The molecule has 1 heterocycles. The van der Waals surface area contributed by atoms with Crippen molar-refractivity contribution in [2.45, 2.75) is 32.2 Å². The number of oxazole rings is 1.